The van der Waals surface area contributed by atoms with E-state index < -0.39 is 29.1 Å². The first-order chi connectivity index (χ1) is 21.1. The fraction of sp³-hybridized carbons (Fsp3) is 0.206. The highest BCUT2D eigenvalue weighted by Crippen LogP contribution is 2.34. The molecule has 0 aliphatic heterocycles. The van der Waals surface area contributed by atoms with Gasteiger partial charge in [0.25, 0.3) is 5.91 Å². The summed E-state index contributed by atoms with van der Waals surface area (Å²) in [6.45, 7) is 8.60. The van der Waals surface area contributed by atoms with Crippen LogP contribution in [0.4, 0.5) is 17.6 Å². The molecular formula is C34H28ClF4N3O3. The maximum atomic E-state index is 14.0. The third-order valence-electron chi connectivity index (χ3n) is 7.60. The molecule has 0 fully saturated rings. The van der Waals surface area contributed by atoms with Crippen LogP contribution >= 0.6 is 11.6 Å². The number of aliphatic hydroxyl groups excluding tert-OH is 1. The lowest BCUT2D eigenvalue weighted by molar-refractivity contribution is -0.153. The molecule has 0 saturated heterocycles. The largest absolute Gasteiger partial charge is 0.512 e. The van der Waals surface area contributed by atoms with Crippen LogP contribution in [0.5, 0.6) is 0 Å². The van der Waals surface area contributed by atoms with Gasteiger partial charge in [0, 0.05) is 28.7 Å². The number of carbonyl (C=O) groups excluding carboxylic acids is 1. The first-order valence-corrected chi connectivity index (χ1v) is 14.2. The zero-order chi connectivity index (χ0) is 32.7. The van der Waals surface area contributed by atoms with E-state index in [1.807, 2.05) is 44.2 Å². The van der Waals surface area contributed by atoms with Gasteiger partial charge in [0.05, 0.1) is 29.6 Å². The maximum absolute atomic E-state index is 14.0. The lowest BCUT2D eigenvalue weighted by atomic mass is 9.82. The molecule has 0 aliphatic rings. The minimum Gasteiger partial charge on any atom is -0.512 e. The van der Waals surface area contributed by atoms with Crippen molar-refractivity contribution in [2.45, 2.75) is 45.5 Å². The zero-order valence-electron chi connectivity index (χ0n) is 24.5. The van der Waals surface area contributed by atoms with Crippen LogP contribution in [0.15, 0.2) is 89.7 Å². The maximum Gasteiger partial charge on any atom is 0.449 e. The van der Waals surface area contributed by atoms with E-state index in [1.54, 1.807) is 19.1 Å². The Morgan fingerprint density at radius 3 is 2.42 bits per heavy atom. The number of fused-ring (bicyclic) bond motifs is 1. The van der Waals surface area contributed by atoms with Crippen molar-refractivity contribution in [1.82, 2.24) is 14.9 Å². The molecule has 0 atom stereocenters. The van der Waals surface area contributed by atoms with Gasteiger partial charge in [-0.15, -0.1) is 0 Å². The van der Waals surface area contributed by atoms with Crippen LogP contribution < -0.4 is 0 Å². The molecule has 6 nitrogen and oxygen atoms in total. The quantitative estimate of drug-likeness (QED) is 0.136. The Balaban J connectivity index is 1.52. The Morgan fingerprint density at radius 2 is 1.76 bits per heavy atom. The fourth-order valence-corrected chi connectivity index (χ4v) is 5.11. The van der Waals surface area contributed by atoms with Crippen molar-refractivity contribution in [3.63, 3.8) is 0 Å². The van der Waals surface area contributed by atoms with Gasteiger partial charge in [-0.3, -0.25) is 14.8 Å². The van der Waals surface area contributed by atoms with Crippen LogP contribution in [0.25, 0.3) is 22.2 Å². The number of hydrogen-bond acceptors (Lipinski definition) is 5. The molecule has 1 amide bonds. The number of aryl methyl sites for hydroxylation is 1. The van der Waals surface area contributed by atoms with E-state index in [0.29, 0.717) is 16.3 Å². The first-order valence-electron chi connectivity index (χ1n) is 13.8. The second kappa shape index (κ2) is 12.0. The number of allylic oxidation sites excluding steroid dienone is 1. The average Bonchev–Trinajstić information content (AvgIpc) is 3.46. The monoisotopic (exact) mass is 637 g/mol. The van der Waals surface area contributed by atoms with Gasteiger partial charge in [0.1, 0.15) is 17.1 Å². The molecule has 232 valence electrons. The highest BCUT2D eigenvalue weighted by Gasteiger charge is 2.35. The van der Waals surface area contributed by atoms with E-state index in [-0.39, 0.29) is 41.2 Å². The van der Waals surface area contributed by atoms with Gasteiger partial charge in [-0.05, 0) is 67.3 Å². The second-order valence-corrected chi connectivity index (χ2v) is 11.6. The van der Waals surface area contributed by atoms with Crippen molar-refractivity contribution in [3.8, 4) is 11.1 Å². The smallest absolute Gasteiger partial charge is 0.449 e. The van der Waals surface area contributed by atoms with Crippen LogP contribution in [0.3, 0.4) is 0 Å². The predicted molar refractivity (Wildman–Crippen MR) is 163 cm³/mol. The summed E-state index contributed by atoms with van der Waals surface area (Å²) in [5.74, 6) is -2.48. The van der Waals surface area contributed by atoms with E-state index in [1.165, 1.54) is 11.0 Å². The fourth-order valence-electron chi connectivity index (χ4n) is 4.87. The number of pyridine rings is 2. The summed E-state index contributed by atoms with van der Waals surface area (Å²) in [7, 11) is 0. The van der Waals surface area contributed by atoms with Crippen molar-refractivity contribution >= 4 is 28.5 Å². The van der Waals surface area contributed by atoms with Gasteiger partial charge in [-0.25, -0.2) is 4.39 Å². The number of amides is 1. The Bertz CT molecular complexity index is 1930. The summed E-state index contributed by atoms with van der Waals surface area (Å²) in [5.41, 5.74) is 3.09. The number of benzene rings is 2. The molecule has 0 bridgehead atoms. The van der Waals surface area contributed by atoms with Gasteiger partial charge >= 0.3 is 6.18 Å². The number of aromatic nitrogens is 2. The van der Waals surface area contributed by atoms with Crippen molar-refractivity contribution in [3.05, 3.63) is 130 Å². The van der Waals surface area contributed by atoms with Gasteiger partial charge in [-0.1, -0.05) is 54.6 Å². The van der Waals surface area contributed by atoms with E-state index in [9.17, 15) is 27.5 Å². The third kappa shape index (κ3) is 6.71. The number of hydrogen-bond donors (Lipinski definition) is 1. The molecule has 5 aromatic rings. The predicted octanol–water partition coefficient (Wildman–Crippen LogP) is 9.20. The minimum absolute atomic E-state index is 0.0224. The van der Waals surface area contributed by atoms with Gasteiger partial charge in [-0.2, -0.15) is 13.2 Å². The third-order valence-corrected chi connectivity index (χ3v) is 7.95. The van der Waals surface area contributed by atoms with Crippen molar-refractivity contribution in [1.29, 1.82) is 0 Å². The Morgan fingerprint density at radius 1 is 1.02 bits per heavy atom. The number of rotatable bonds is 8. The Labute approximate surface area is 261 Å². The lowest BCUT2D eigenvalue weighted by Gasteiger charge is -2.25. The standard InChI is InChI=1S/C34H28ClF4N3O3/c1-19-12-27(31-29(41-19)15-25(36)16-40-31)32(44)42(18-26-10-11-30(45-26)34(37,38)39)17-23-9-8-22(14-28(23)35)21-6-5-7-24(13-21)33(3,4)20(2)43/h5-16,43H,2,17-18H2,1,3-4H3. The molecular weight excluding hydrogens is 610 g/mol. The molecule has 0 spiro atoms. The number of halogens is 5. The number of carbonyl (C=O) groups is 1. The number of aliphatic hydroxyl groups is 1. The molecule has 3 heterocycles. The summed E-state index contributed by atoms with van der Waals surface area (Å²) >= 11 is 6.73. The van der Waals surface area contributed by atoms with Crippen LogP contribution in [-0.2, 0) is 24.7 Å². The van der Waals surface area contributed by atoms with Crippen LogP contribution in [0.1, 0.15) is 52.5 Å². The van der Waals surface area contributed by atoms with Gasteiger partial charge in [0.2, 0.25) is 5.76 Å². The zero-order valence-corrected chi connectivity index (χ0v) is 25.3. The van der Waals surface area contributed by atoms with Crippen LogP contribution in [0, 0.1) is 12.7 Å². The molecule has 0 aliphatic carbocycles. The average molecular weight is 638 g/mol. The summed E-state index contributed by atoms with van der Waals surface area (Å²) < 4.78 is 58.8. The highest BCUT2D eigenvalue weighted by molar-refractivity contribution is 6.31. The summed E-state index contributed by atoms with van der Waals surface area (Å²) in [6, 6.07) is 17.4. The van der Waals surface area contributed by atoms with Crippen LogP contribution in [-0.4, -0.2) is 25.9 Å². The SMILES string of the molecule is C=C(O)C(C)(C)c1cccc(-c2ccc(CN(Cc3ccc(C(F)(F)F)o3)C(=O)c3cc(C)nc4cc(F)cnc34)c(Cl)c2)c1. The molecule has 45 heavy (non-hydrogen) atoms. The summed E-state index contributed by atoms with van der Waals surface area (Å²) in [5, 5.41) is 10.4. The van der Waals surface area contributed by atoms with Crippen molar-refractivity contribution in [2.24, 2.45) is 0 Å². The highest BCUT2D eigenvalue weighted by atomic mass is 35.5. The van der Waals surface area contributed by atoms with E-state index in [0.717, 1.165) is 41.1 Å². The normalized spacial score (nSPS) is 12.0. The molecule has 3 aromatic heterocycles. The van der Waals surface area contributed by atoms with Crippen LogP contribution in [0.2, 0.25) is 5.02 Å². The molecule has 0 saturated carbocycles. The summed E-state index contributed by atoms with van der Waals surface area (Å²) in [6.07, 6.45) is -3.74. The number of alkyl halides is 3. The second-order valence-electron chi connectivity index (χ2n) is 11.2. The minimum atomic E-state index is -4.70. The molecule has 2 aromatic carbocycles. The summed E-state index contributed by atoms with van der Waals surface area (Å²) in [4.78, 5) is 23.6. The van der Waals surface area contributed by atoms with E-state index >= 15 is 0 Å². The molecule has 0 unspecified atom stereocenters. The van der Waals surface area contributed by atoms with Gasteiger partial charge < -0.3 is 14.4 Å². The molecule has 11 heteroatoms. The van der Waals surface area contributed by atoms with Crippen molar-refractivity contribution in [2.75, 3.05) is 0 Å². The molecule has 1 N–H and O–H groups in total. The van der Waals surface area contributed by atoms with Gasteiger partial charge in [0.15, 0.2) is 0 Å². The van der Waals surface area contributed by atoms with E-state index in [4.69, 9.17) is 16.0 Å². The first kappa shape index (κ1) is 31.7. The molecule has 0 radical (unpaired) electrons. The Hall–Kier alpha value is -4.70. The number of furan rings is 1. The number of nitrogens with zero attached hydrogens (tertiary/aromatic N) is 3. The topological polar surface area (TPSA) is 79.5 Å². The van der Waals surface area contributed by atoms with Crippen molar-refractivity contribution < 1.29 is 31.9 Å². The molecule has 5 rings (SSSR count). The lowest BCUT2D eigenvalue weighted by Crippen LogP contribution is -2.30. The van der Waals surface area contributed by atoms with E-state index in [2.05, 4.69) is 16.5 Å². The Kier molecular flexibility index (Phi) is 8.46.